The topological polar surface area (TPSA) is 36.7 Å². The third-order valence-corrected chi connectivity index (χ3v) is 4.58. The largest absolute Gasteiger partial charge is 0.192 e. The molecule has 0 unspecified atom stereocenters. The molecule has 0 aliphatic carbocycles. The van der Waals surface area contributed by atoms with Gasteiger partial charge in [-0.2, -0.15) is 9.64 Å². The Balaban J connectivity index is 2.91. The molecule has 0 saturated carbocycles. The average molecular weight is 258 g/mol. The smallest absolute Gasteiger partial charge is 0.129 e. The number of nitrogens with zero attached hydrogens (tertiary/aromatic N) is 2. The zero-order valence-electron chi connectivity index (χ0n) is 9.27. The maximum atomic E-state index is 9.10. The van der Waals surface area contributed by atoms with Crippen LogP contribution < -0.4 is 0 Å². The monoisotopic (exact) mass is 258 g/mol. The second kappa shape index (κ2) is 5.78. The van der Waals surface area contributed by atoms with Crippen molar-refractivity contribution in [1.29, 1.82) is 5.26 Å². The summed E-state index contributed by atoms with van der Waals surface area (Å²) < 4.78 is 5.39. The number of hydrogen-bond donors (Lipinski definition) is 0. The van der Waals surface area contributed by atoms with Gasteiger partial charge in [0.1, 0.15) is 16.7 Å². The molecule has 0 atom stereocenters. The van der Waals surface area contributed by atoms with Gasteiger partial charge in [-0.1, -0.05) is 27.7 Å². The second-order valence-electron chi connectivity index (χ2n) is 3.60. The minimum Gasteiger partial charge on any atom is -0.192 e. The predicted molar refractivity (Wildman–Crippen MR) is 68.8 cm³/mol. The summed E-state index contributed by atoms with van der Waals surface area (Å²) in [7, 11) is 0. The second-order valence-corrected chi connectivity index (χ2v) is 7.78. The van der Waals surface area contributed by atoms with Gasteiger partial charge in [0, 0.05) is 10.5 Å². The third-order valence-electron chi connectivity index (χ3n) is 1.43. The first-order chi connectivity index (χ1) is 7.04. The van der Waals surface area contributed by atoms with Gasteiger partial charge in [-0.3, -0.25) is 0 Å². The predicted octanol–water partition coefficient (Wildman–Crippen LogP) is 4.02. The minimum atomic E-state index is 0.469. The van der Waals surface area contributed by atoms with Crippen LogP contribution in [0.2, 0.25) is 0 Å². The Morgan fingerprint density at radius 2 is 1.80 bits per heavy atom. The molecule has 0 radical (unpaired) electrons. The summed E-state index contributed by atoms with van der Waals surface area (Å²) in [5, 5.41) is 11.0. The number of hydrogen-bond acceptors (Lipinski definition) is 5. The lowest BCUT2D eigenvalue weighted by molar-refractivity contribution is 1.09. The maximum Gasteiger partial charge on any atom is 0.129 e. The third kappa shape index (κ3) is 3.71. The Kier molecular flexibility index (Phi) is 4.97. The van der Waals surface area contributed by atoms with E-state index in [0.717, 1.165) is 14.8 Å². The molecule has 0 spiro atoms. The van der Waals surface area contributed by atoms with Crippen molar-refractivity contribution in [3.05, 3.63) is 5.56 Å². The Hall–Kier alpha value is -0.180. The van der Waals surface area contributed by atoms with Gasteiger partial charge in [-0.25, -0.2) is 0 Å². The Bertz CT molecular complexity index is 336. The summed E-state index contributed by atoms with van der Waals surface area (Å²) in [4.78, 5) is 0. The van der Waals surface area contributed by atoms with Crippen LogP contribution in [0.5, 0.6) is 0 Å². The Labute approximate surface area is 104 Å². The molecule has 0 fully saturated rings. The highest BCUT2D eigenvalue weighted by Crippen LogP contribution is 2.37. The standard InChI is InChI=1S/C10H14N2S3/c1-6(2)13-9-8(5-11)10(15-12-9)14-7(3)4/h6-7H,1-4H3. The van der Waals surface area contributed by atoms with E-state index in [1.807, 2.05) is 0 Å². The normalized spacial score (nSPS) is 11.0. The summed E-state index contributed by atoms with van der Waals surface area (Å²) in [5.41, 5.74) is 0.761. The maximum absolute atomic E-state index is 9.10. The van der Waals surface area contributed by atoms with Crippen LogP contribution in [0, 0.1) is 11.3 Å². The Morgan fingerprint density at radius 3 is 2.27 bits per heavy atom. The van der Waals surface area contributed by atoms with Gasteiger partial charge in [-0.05, 0) is 11.5 Å². The average Bonchev–Trinajstić information content (AvgIpc) is 2.45. The summed E-state index contributed by atoms with van der Waals surface area (Å²) in [6.45, 7) is 8.47. The molecule has 1 aromatic heterocycles. The van der Waals surface area contributed by atoms with E-state index in [1.54, 1.807) is 23.5 Å². The van der Waals surface area contributed by atoms with Gasteiger partial charge in [0.05, 0.1) is 4.21 Å². The van der Waals surface area contributed by atoms with Crippen LogP contribution >= 0.6 is 35.1 Å². The lowest BCUT2D eigenvalue weighted by Crippen LogP contribution is -1.89. The van der Waals surface area contributed by atoms with E-state index in [2.05, 4.69) is 38.1 Å². The van der Waals surface area contributed by atoms with E-state index in [-0.39, 0.29) is 0 Å². The molecule has 0 N–H and O–H groups in total. The van der Waals surface area contributed by atoms with Gasteiger partial charge in [-0.15, -0.1) is 23.5 Å². The van der Waals surface area contributed by atoms with Gasteiger partial charge < -0.3 is 0 Å². The fourth-order valence-electron chi connectivity index (χ4n) is 0.953. The summed E-state index contributed by atoms with van der Waals surface area (Å²) >= 11 is 4.82. The summed E-state index contributed by atoms with van der Waals surface area (Å²) in [5.74, 6) is 0. The molecule has 0 amide bonds. The SMILES string of the molecule is CC(C)Sc1nsc(SC(C)C)c1C#N. The number of nitriles is 1. The van der Waals surface area contributed by atoms with Gasteiger partial charge in [0.15, 0.2) is 0 Å². The first-order valence-corrected chi connectivity index (χ1v) is 7.31. The lowest BCUT2D eigenvalue weighted by Gasteiger charge is -2.02. The number of rotatable bonds is 4. The summed E-state index contributed by atoms with van der Waals surface area (Å²) in [6, 6.07) is 2.26. The molecule has 1 rings (SSSR count). The molecule has 2 nitrogen and oxygen atoms in total. The van der Waals surface area contributed by atoms with E-state index in [4.69, 9.17) is 5.26 Å². The molecule has 0 saturated heterocycles. The van der Waals surface area contributed by atoms with Crippen LogP contribution in [0.15, 0.2) is 9.24 Å². The fourth-order valence-corrected chi connectivity index (χ4v) is 4.12. The molecular formula is C10H14N2S3. The van der Waals surface area contributed by atoms with Crippen LogP contribution in [0.25, 0.3) is 0 Å². The van der Waals surface area contributed by atoms with Gasteiger partial charge in [0.2, 0.25) is 0 Å². The van der Waals surface area contributed by atoms with Crippen LogP contribution in [0.4, 0.5) is 0 Å². The van der Waals surface area contributed by atoms with E-state index >= 15 is 0 Å². The lowest BCUT2D eigenvalue weighted by atomic mass is 10.4. The summed E-state index contributed by atoms with van der Waals surface area (Å²) in [6.07, 6.45) is 0. The minimum absolute atomic E-state index is 0.469. The molecule has 0 bridgehead atoms. The van der Waals surface area contributed by atoms with Crippen LogP contribution in [0.1, 0.15) is 33.3 Å². The Morgan fingerprint density at radius 1 is 1.20 bits per heavy atom. The number of thioether (sulfide) groups is 2. The van der Waals surface area contributed by atoms with E-state index in [1.165, 1.54) is 11.5 Å². The number of aromatic nitrogens is 1. The molecular weight excluding hydrogens is 244 g/mol. The van der Waals surface area contributed by atoms with Crippen LogP contribution in [-0.2, 0) is 0 Å². The van der Waals surface area contributed by atoms with Crippen molar-refractivity contribution in [2.75, 3.05) is 0 Å². The van der Waals surface area contributed by atoms with E-state index < -0.39 is 0 Å². The molecule has 0 aliphatic rings. The fraction of sp³-hybridized carbons (Fsp3) is 0.600. The molecule has 15 heavy (non-hydrogen) atoms. The van der Waals surface area contributed by atoms with Crippen molar-refractivity contribution in [1.82, 2.24) is 4.37 Å². The quantitative estimate of drug-likeness (QED) is 0.764. The van der Waals surface area contributed by atoms with E-state index in [9.17, 15) is 0 Å². The van der Waals surface area contributed by atoms with Crippen molar-refractivity contribution in [3.8, 4) is 6.07 Å². The highest BCUT2D eigenvalue weighted by molar-refractivity contribution is 8.02. The first-order valence-electron chi connectivity index (χ1n) is 4.77. The molecule has 1 heterocycles. The van der Waals surface area contributed by atoms with Gasteiger partial charge in [0.25, 0.3) is 0 Å². The molecule has 5 heteroatoms. The van der Waals surface area contributed by atoms with E-state index in [0.29, 0.717) is 10.5 Å². The van der Waals surface area contributed by atoms with Gasteiger partial charge >= 0.3 is 0 Å². The van der Waals surface area contributed by atoms with Crippen molar-refractivity contribution >= 4 is 35.1 Å². The first kappa shape index (κ1) is 12.9. The zero-order chi connectivity index (χ0) is 11.4. The highest BCUT2D eigenvalue weighted by atomic mass is 32.2. The van der Waals surface area contributed by atoms with Crippen LogP contribution in [0.3, 0.4) is 0 Å². The zero-order valence-corrected chi connectivity index (χ0v) is 11.7. The molecule has 1 aromatic rings. The van der Waals surface area contributed by atoms with Crippen molar-refractivity contribution in [3.63, 3.8) is 0 Å². The highest BCUT2D eigenvalue weighted by Gasteiger charge is 2.16. The molecule has 0 aliphatic heterocycles. The van der Waals surface area contributed by atoms with Crippen LogP contribution in [-0.4, -0.2) is 14.9 Å². The molecule has 0 aromatic carbocycles. The van der Waals surface area contributed by atoms with Crippen molar-refractivity contribution < 1.29 is 0 Å². The van der Waals surface area contributed by atoms with Crippen molar-refractivity contribution in [2.45, 2.75) is 47.4 Å². The van der Waals surface area contributed by atoms with Crippen molar-refractivity contribution in [2.24, 2.45) is 0 Å². The molecule has 82 valence electrons.